The van der Waals surface area contributed by atoms with E-state index < -0.39 is 23.4 Å². The molecule has 8 nitrogen and oxygen atoms in total. The summed E-state index contributed by atoms with van der Waals surface area (Å²) in [6.07, 6.45) is 1.97. The maximum atomic E-state index is 13.2. The second kappa shape index (κ2) is 8.66. The second-order valence-electron chi connectivity index (χ2n) is 7.86. The first kappa shape index (κ1) is 21.3. The molecule has 2 N–H and O–H groups in total. The van der Waals surface area contributed by atoms with Crippen molar-refractivity contribution < 1.29 is 14.4 Å². The van der Waals surface area contributed by atoms with Crippen molar-refractivity contribution in [2.45, 2.75) is 32.4 Å². The van der Waals surface area contributed by atoms with Gasteiger partial charge in [0.1, 0.15) is 17.9 Å². The fourth-order valence-electron chi connectivity index (χ4n) is 4.01. The zero-order chi connectivity index (χ0) is 22.7. The monoisotopic (exact) mass is 431 g/mol. The number of aromatic nitrogens is 2. The van der Waals surface area contributed by atoms with Crippen LogP contribution in [0.4, 0.5) is 10.6 Å². The highest BCUT2D eigenvalue weighted by Gasteiger charge is 2.51. The van der Waals surface area contributed by atoms with E-state index in [1.807, 2.05) is 50.2 Å². The Morgan fingerprint density at radius 3 is 2.59 bits per heavy atom. The molecule has 0 unspecified atom stereocenters. The van der Waals surface area contributed by atoms with Gasteiger partial charge in [-0.15, -0.1) is 0 Å². The quantitative estimate of drug-likeness (QED) is 0.562. The van der Waals surface area contributed by atoms with Crippen molar-refractivity contribution >= 4 is 23.7 Å². The van der Waals surface area contributed by atoms with Crippen molar-refractivity contribution in [3.8, 4) is 0 Å². The third-order valence-electron chi connectivity index (χ3n) is 5.67. The maximum absolute atomic E-state index is 13.2. The number of nitrogens with zero attached hydrogens (tertiary/aromatic N) is 3. The molecule has 8 heteroatoms. The standard InChI is InChI=1S/C24H25N5O3/c1-3-24(19-10-5-4-6-11-19)22(31)28(23(32)27-24)16-21(30)26-20-12-13-25-29(20)15-18-9-7-8-17(2)14-18/h4-14H,3,15-16H2,1-2H3,(H,26,30)(H,27,32)/t24-/m1/s1. The van der Waals surface area contributed by atoms with Gasteiger partial charge in [-0.3, -0.25) is 14.5 Å². The predicted molar refractivity (Wildman–Crippen MR) is 120 cm³/mol. The van der Waals surface area contributed by atoms with E-state index in [0.717, 1.165) is 16.0 Å². The molecule has 3 aromatic rings. The molecular formula is C24H25N5O3. The number of imide groups is 1. The van der Waals surface area contributed by atoms with Crippen molar-refractivity contribution in [3.05, 3.63) is 83.6 Å². The summed E-state index contributed by atoms with van der Waals surface area (Å²) < 4.78 is 1.67. The van der Waals surface area contributed by atoms with Gasteiger partial charge < -0.3 is 10.6 Å². The summed E-state index contributed by atoms with van der Waals surface area (Å²) in [5, 5.41) is 9.83. The number of carbonyl (C=O) groups is 3. The lowest BCUT2D eigenvalue weighted by molar-refractivity contribution is -0.134. The van der Waals surface area contributed by atoms with Crippen molar-refractivity contribution in [1.29, 1.82) is 0 Å². The molecule has 1 aliphatic rings. The number of hydrogen-bond donors (Lipinski definition) is 2. The van der Waals surface area contributed by atoms with Crippen molar-refractivity contribution in [2.24, 2.45) is 0 Å². The number of rotatable bonds is 7. The van der Waals surface area contributed by atoms with Gasteiger partial charge >= 0.3 is 6.03 Å². The van der Waals surface area contributed by atoms with Gasteiger partial charge in [0.2, 0.25) is 5.91 Å². The van der Waals surface area contributed by atoms with Crippen LogP contribution >= 0.6 is 0 Å². The van der Waals surface area contributed by atoms with Gasteiger partial charge in [0.15, 0.2) is 0 Å². The van der Waals surface area contributed by atoms with Gasteiger partial charge in [-0.2, -0.15) is 5.10 Å². The zero-order valence-corrected chi connectivity index (χ0v) is 18.0. The topological polar surface area (TPSA) is 96.3 Å². The van der Waals surface area contributed by atoms with Gasteiger partial charge in [-0.25, -0.2) is 9.48 Å². The van der Waals surface area contributed by atoms with Crippen LogP contribution < -0.4 is 10.6 Å². The largest absolute Gasteiger partial charge is 0.325 e. The summed E-state index contributed by atoms with van der Waals surface area (Å²) in [4.78, 5) is 39.5. The van der Waals surface area contributed by atoms with E-state index in [9.17, 15) is 14.4 Å². The molecule has 1 aromatic heterocycles. The molecule has 4 rings (SSSR count). The first-order chi connectivity index (χ1) is 15.4. The minimum Gasteiger partial charge on any atom is -0.319 e. The van der Waals surface area contributed by atoms with Crippen molar-refractivity contribution in [1.82, 2.24) is 20.0 Å². The van der Waals surface area contributed by atoms with E-state index in [0.29, 0.717) is 24.3 Å². The summed E-state index contributed by atoms with van der Waals surface area (Å²) in [7, 11) is 0. The average Bonchev–Trinajstić information content (AvgIpc) is 3.31. The van der Waals surface area contributed by atoms with Crippen LogP contribution in [0.25, 0.3) is 0 Å². The SMILES string of the molecule is CC[C@]1(c2ccccc2)NC(=O)N(CC(=O)Nc2ccnn2Cc2cccc(C)c2)C1=O. The Balaban J connectivity index is 1.47. The Morgan fingerprint density at radius 1 is 1.09 bits per heavy atom. The lowest BCUT2D eigenvalue weighted by Gasteiger charge is -2.25. The van der Waals surface area contributed by atoms with E-state index in [-0.39, 0.29) is 6.54 Å². The number of anilines is 1. The number of urea groups is 1. The molecule has 2 aromatic carbocycles. The summed E-state index contributed by atoms with van der Waals surface area (Å²) in [5.74, 6) is -0.410. The molecule has 1 aliphatic heterocycles. The molecule has 0 saturated carbocycles. The van der Waals surface area contributed by atoms with Crippen LogP contribution in [-0.4, -0.2) is 39.1 Å². The number of amides is 4. The van der Waals surface area contributed by atoms with Crippen LogP contribution in [0.15, 0.2) is 66.9 Å². The third kappa shape index (κ3) is 3.99. The molecule has 32 heavy (non-hydrogen) atoms. The number of carbonyl (C=O) groups excluding carboxylic acids is 3. The van der Waals surface area contributed by atoms with Gasteiger partial charge in [0.05, 0.1) is 12.7 Å². The van der Waals surface area contributed by atoms with Crippen LogP contribution in [0.5, 0.6) is 0 Å². The van der Waals surface area contributed by atoms with E-state index in [4.69, 9.17) is 0 Å². The minimum absolute atomic E-state index is 0.378. The van der Waals surface area contributed by atoms with E-state index in [2.05, 4.69) is 21.8 Å². The Morgan fingerprint density at radius 2 is 1.88 bits per heavy atom. The van der Waals surface area contributed by atoms with E-state index in [1.54, 1.807) is 29.1 Å². The highest BCUT2D eigenvalue weighted by molar-refractivity contribution is 6.10. The van der Waals surface area contributed by atoms with Gasteiger partial charge in [-0.05, 0) is 24.5 Å². The van der Waals surface area contributed by atoms with E-state index >= 15 is 0 Å². The van der Waals surface area contributed by atoms with Crippen molar-refractivity contribution in [3.63, 3.8) is 0 Å². The number of nitrogens with one attached hydrogen (secondary N) is 2. The molecular weight excluding hydrogens is 406 g/mol. The molecule has 0 aliphatic carbocycles. The molecule has 4 amide bonds. The molecule has 0 bridgehead atoms. The van der Waals surface area contributed by atoms with Crippen molar-refractivity contribution in [2.75, 3.05) is 11.9 Å². The summed E-state index contributed by atoms with van der Waals surface area (Å²) >= 11 is 0. The average molecular weight is 431 g/mol. The smallest absolute Gasteiger partial charge is 0.319 e. The zero-order valence-electron chi connectivity index (χ0n) is 18.0. The molecule has 1 saturated heterocycles. The number of hydrogen-bond acceptors (Lipinski definition) is 4. The summed E-state index contributed by atoms with van der Waals surface area (Å²) in [5.41, 5.74) is 1.72. The first-order valence-corrected chi connectivity index (χ1v) is 10.5. The van der Waals surface area contributed by atoms with Crippen LogP contribution in [0, 0.1) is 6.92 Å². The minimum atomic E-state index is -1.16. The number of aryl methyl sites for hydroxylation is 1. The molecule has 1 fully saturated rings. The lowest BCUT2D eigenvalue weighted by Crippen LogP contribution is -2.44. The van der Waals surface area contributed by atoms with Gasteiger partial charge in [0, 0.05) is 6.07 Å². The Labute approximate surface area is 186 Å². The molecule has 0 spiro atoms. The summed E-state index contributed by atoms with van der Waals surface area (Å²) in [6, 6.07) is 18.2. The van der Waals surface area contributed by atoms with Gasteiger partial charge in [0.25, 0.3) is 5.91 Å². The molecule has 2 heterocycles. The highest BCUT2D eigenvalue weighted by Crippen LogP contribution is 2.32. The second-order valence-corrected chi connectivity index (χ2v) is 7.86. The fourth-order valence-corrected chi connectivity index (χ4v) is 4.01. The lowest BCUT2D eigenvalue weighted by atomic mass is 9.87. The fraction of sp³-hybridized carbons (Fsp3) is 0.250. The molecule has 0 radical (unpaired) electrons. The summed E-state index contributed by atoms with van der Waals surface area (Å²) in [6.45, 7) is 3.95. The Hall–Kier alpha value is -3.94. The Bertz CT molecular complexity index is 1160. The van der Waals surface area contributed by atoms with Crippen LogP contribution in [-0.2, 0) is 21.7 Å². The predicted octanol–water partition coefficient (Wildman–Crippen LogP) is 3.04. The Kier molecular flexibility index (Phi) is 5.77. The van der Waals surface area contributed by atoms with Crippen LogP contribution in [0.2, 0.25) is 0 Å². The number of benzene rings is 2. The van der Waals surface area contributed by atoms with Gasteiger partial charge in [-0.1, -0.05) is 67.1 Å². The normalized spacial score (nSPS) is 18.0. The maximum Gasteiger partial charge on any atom is 0.325 e. The third-order valence-corrected chi connectivity index (χ3v) is 5.67. The molecule has 164 valence electrons. The first-order valence-electron chi connectivity index (χ1n) is 10.5. The van der Waals surface area contributed by atoms with Crippen LogP contribution in [0.1, 0.15) is 30.0 Å². The highest BCUT2D eigenvalue weighted by atomic mass is 16.2. The van der Waals surface area contributed by atoms with E-state index in [1.165, 1.54) is 0 Å². The molecule has 1 atom stereocenters. The van der Waals surface area contributed by atoms with Crippen LogP contribution in [0.3, 0.4) is 0 Å².